The van der Waals surface area contributed by atoms with Gasteiger partial charge in [-0.15, -0.1) is 0 Å². The van der Waals surface area contributed by atoms with Crippen molar-refractivity contribution >= 4 is 50.0 Å². The van der Waals surface area contributed by atoms with E-state index < -0.39 is 10.0 Å². The first-order valence-corrected chi connectivity index (χ1v) is 15.9. The topological polar surface area (TPSA) is 112 Å². The van der Waals surface area contributed by atoms with Crippen molar-refractivity contribution in [3.8, 4) is 0 Å². The van der Waals surface area contributed by atoms with Crippen LogP contribution < -0.4 is 10.2 Å². The minimum atomic E-state index is -3.85. The fraction of sp³-hybridized carbons (Fsp3) is 0.433. The van der Waals surface area contributed by atoms with Gasteiger partial charge in [-0.25, -0.2) is 8.42 Å². The lowest BCUT2D eigenvalue weighted by Gasteiger charge is -2.46. The summed E-state index contributed by atoms with van der Waals surface area (Å²) in [5.41, 5.74) is 0.920. The van der Waals surface area contributed by atoms with Crippen molar-refractivity contribution < 1.29 is 22.7 Å². The van der Waals surface area contributed by atoms with Crippen LogP contribution in [0.3, 0.4) is 0 Å². The molecule has 42 heavy (non-hydrogen) atoms. The smallest absolute Gasteiger partial charge is 0.302 e. The SMILES string of the molecule is CC(=O)OCCNCC1(CN2CCN(S(=O)(=O)c3ccc4cc(Cl)ccc4c3)CC2=O)CCN(c2ccncc2)CC1. The second-order valence-corrected chi connectivity index (χ2v) is 13.4. The lowest BCUT2D eigenvalue weighted by molar-refractivity contribution is -0.141. The van der Waals surface area contributed by atoms with E-state index in [-0.39, 0.29) is 41.9 Å². The van der Waals surface area contributed by atoms with Crippen LogP contribution in [0.1, 0.15) is 19.8 Å². The first-order chi connectivity index (χ1) is 20.1. The number of hydrogen-bond acceptors (Lipinski definition) is 8. The quantitative estimate of drug-likeness (QED) is 0.274. The summed E-state index contributed by atoms with van der Waals surface area (Å²) in [6, 6.07) is 14.2. The van der Waals surface area contributed by atoms with Crippen LogP contribution in [-0.2, 0) is 24.3 Å². The molecule has 5 rings (SSSR count). The van der Waals surface area contributed by atoms with Crippen molar-refractivity contribution in [2.75, 3.05) is 63.9 Å². The number of benzene rings is 2. The van der Waals surface area contributed by atoms with Gasteiger partial charge in [-0.05, 0) is 60.0 Å². The minimum absolute atomic E-state index is 0.163. The van der Waals surface area contributed by atoms with E-state index in [0.29, 0.717) is 31.2 Å². The Morgan fingerprint density at radius 3 is 2.45 bits per heavy atom. The Kier molecular flexibility index (Phi) is 9.32. The van der Waals surface area contributed by atoms with E-state index in [1.165, 1.54) is 11.2 Å². The summed E-state index contributed by atoms with van der Waals surface area (Å²) in [4.78, 5) is 32.9. The van der Waals surface area contributed by atoms with E-state index in [0.717, 1.165) is 42.4 Å². The molecule has 1 N–H and O–H groups in total. The van der Waals surface area contributed by atoms with E-state index in [9.17, 15) is 18.0 Å². The average molecular weight is 614 g/mol. The lowest BCUT2D eigenvalue weighted by Crippen LogP contribution is -2.57. The molecule has 2 aliphatic rings. The third-order valence-electron chi connectivity index (χ3n) is 8.16. The number of pyridine rings is 1. The number of carbonyl (C=O) groups excluding carboxylic acids is 2. The van der Waals surface area contributed by atoms with Gasteiger partial charge in [0.1, 0.15) is 6.61 Å². The maximum atomic E-state index is 13.5. The van der Waals surface area contributed by atoms with E-state index in [1.54, 1.807) is 48.8 Å². The number of amides is 1. The molecule has 0 atom stereocenters. The third-order valence-corrected chi connectivity index (χ3v) is 10.2. The summed E-state index contributed by atoms with van der Waals surface area (Å²) in [5, 5.41) is 5.63. The van der Waals surface area contributed by atoms with Crippen LogP contribution in [0.15, 0.2) is 65.8 Å². The normalized spacial score (nSPS) is 17.9. The van der Waals surface area contributed by atoms with Crippen LogP contribution in [0.4, 0.5) is 5.69 Å². The molecule has 1 amide bonds. The third kappa shape index (κ3) is 7.03. The number of fused-ring (bicyclic) bond motifs is 1. The summed E-state index contributed by atoms with van der Waals surface area (Å²) in [7, 11) is -3.85. The number of aromatic nitrogens is 1. The molecule has 2 fully saturated rings. The second kappa shape index (κ2) is 12.9. The number of piperidine rings is 1. The molecule has 0 radical (unpaired) electrons. The summed E-state index contributed by atoms with van der Waals surface area (Å²) >= 11 is 6.07. The number of carbonyl (C=O) groups is 2. The number of piperazine rings is 1. The maximum absolute atomic E-state index is 13.5. The number of nitrogens with one attached hydrogen (secondary N) is 1. The van der Waals surface area contributed by atoms with Gasteiger partial charge in [-0.1, -0.05) is 23.7 Å². The van der Waals surface area contributed by atoms with Gasteiger partial charge in [0.15, 0.2) is 0 Å². The fourth-order valence-electron chi connectivity index (χ4n) is 5.77. The predicted octanol–water partition coefficient (Wildman–Crippen LogP) is 3.16. The molecular weight excluding hydrogens is 578 g/mol. The van der Waals surface area contributed by atoms with Gasteiger partial charge < -0.3 is 19.9 Å². The van der Waals surface area contributed by atoms with Crippen LogP contribution in [-0.4, -0.2) is 93.4 Å². The molecule has 2 aromatic carbocycles. The van der Waals surface area contributed by atoms with E-state index >= 15 is 0 Å². The van der Waals surface area contributed by atoms with Gasteiger partial charge in [-0.3, -0.25) is 14.6 Å². The van der Waals surface area contributed by atoms with Crippen molar-refractivity contribution in [1.29, 1.82) is 0 Å². The minimum Gasteiger partial charge on any atom is -0.465 e. The molecule has 0 unspecified atom stereocenters. The number of nitrogens with zero attached hydrogens (tertiary/aromatic N) is 4. The van der Waals surface area contributed by atoms with Crippen LogP contribution in [0.25, 0.3) is 10.8 Å². The summed E-state index contributed by atoms with van der Waals surface area (Å²) in [6.45, 7) is 5.39. The number of hydrogen-bond donors (Lipinski definition) is 1. The molecular formula is C30H36ClN5O5S. The molecule has 224 valence electrons. The first-order valence-electron chi connectivity index (χ1n) is 14.1. The molecule has 12 heteroatoms. The van der Waals surface area contributed by atoms with Crippen molar-refractivity contribution in [3.05, 3.63) is 65.9 Å². The zero-order valence-electron chi connectivity index (χ0n) is 23.7. The molecule has 3 heterocycles. The highest BCUT2D eigenvalue weighted by Gasteiger charge is 2.40. The summed E-state index contributed by atoms with van der Waals surface area (Å²) in [6.07, 6.45) is 5.27. The molecule has 0 aliphatic carbocycles. The van der Waals surface area contributed by atoms with Gasteiger partial charge in [0.25, 0.3) is 0 Å². The van der Waals surface area contributed by atoms with Crippen molar-refractivity contribution in [2.45, 2.75) is 24.7 Å². The zero-order chi connectivity index (χ0) is 29.7. The Morgan fingerprint density at radius 1 is 1.02 bits per heavy atom. The number of ether oxygens (including phenoxy) is 1. The monoisotopic (exact) mass is 613 g/mol. The van der Waals surface area contributed by atoms with Crippen molar-refractivity contribution in [2.24, 2.45) is 5.41 Å². The second-order valence-electron chi connectivity index (χ2n) is 11.0. The maximum Gasteiger partial charge on any atom is 0.302 e. The standard InChI is InChI=1S/C30H36ClN5O5S/c1-23(37)41-17-12-33-21-30(8-13-34(14-9-30)27-6-10-32-11-7-27)22-35-15-16-36(20-29(35)38)42(39,40)28-5-3-24-18-26(31)4-2-25(24)19-28/h2-7,10-11,18-19,33H,8-9,12-17,20-22H2,1H3. The predicted molar refractivity (Wildman–Crippen MR) is 162 cm³/mol. The molecule has 2 aliphatic heterocycles. The number of anilines is 1. The van der Waals surface area contributed by atoms with Crippen molar-refractivity contribution in [3.63, 3.8) is 0 Å². The Labute approximate surface area is 251 Å². The fourth-order valence-corrected chi connectivity index (χ4v) is 7.37. The van der Waals surface area contributed by atoms with Gasteiger partial charge in [0.05, 0.1) is 11.4 Å². The van der Waals surface area contributed by atoms with Crippen LogP contribution in [0.2, 0.25) is 5.02 Å². The average Bonchev–Trinajstić information content (AvgIpc) is 2.98. The summed E-state index contributed by atoms with van der Waals surface area (Å²) < 4.78 is 33.3. The zero-order valence-corrected chi connectivity index (χ0v) is 25.2. The van der Waals surface area contributed by atoms with Crippen LogP contribution in [0, 0.1) is 5.41 Å². The Hall–Kier alpha value is -3.25. The van der Waals surface area contributed by atoms with Gasteiger partial charge in [0, 0.05) is 81.3 Å². The summed E-state index contributed by atoms with van der Waals surface area (Å²) in [5.74, 6) is -0.517. The van der Waals surface area contributed by atoms with Crippen LogP contribution in [0.5, 0.6) is 0 Å². The molecule has 2 saturated heterocycles. The van der Waals surface area contributed by atoms with E-state index in [1.807, 2.05) is 17.0 Å². The van der Waals surface area contributed by atoms with Crippen molar-refractivity contribution in [1.82, 2.24) is 19.5 Å². The van der Waals surface area contributed by atoms with Gasteiger partial charge in [-0.2, -0.15) is 4.31 Å². The highest BCUT2D eigenvalue weighted by atomic mass is 35.5. The molecule has 0 saturated carbocycles. The number of sulfonamides is 1. The van der Waals surface area contributed by atoms with E-state index in [2.05, 4.69) is 15.2 Å². The van der Waals surface area contributed by atoms with Gasteiger partial charge >= 0.3 is 5.97 Å². The highest BCUT2D eigenvalue weighted by molar-refractivity contribution is 7.89. The molecule has 0 spiro atoms. The number of rotatable bonds is 10. The Morgan fingerprint density at radius 2 is 1.74 bits per heavy atom. The molecule has 0 bridgehead atoms. The lowest BCUT2D eigenvalue weighted by atomic mass is 9.77. The molecule has 1 aromatic heterocycles. The highest BCUT2D eigenvalue weighted by Crippen LogP contribution is 2.35. The number of halogens is 1. The van der Waals surface area contributed by atoms with Gasteiger partial charge in [0.2, 0.25) is 15.9 Å². The Bertz CT molecular complexity index is 1530. The largest absolute Gasteiger partial charge is 0.465 e. The Balaban J connectivity index is 1.25. The number of esters is 1. The van der Waals surface area contributed by atoms with E-state index in [4.69, 9.17) is 16.3 Å². The molecule has 10 nitrogen and oxygen atoms in total. The first kappa shape index (κ1) is 30.2. The van der Waals surface area contributed by atoms with Crippen LogP contribution >= 0.6 is 11.6 Å². The molecule has 3 aromatic rings.